The van der Waals surface area contributed by atoms with Crippen LogP contribution >= 0.6 is 0 Å². The van der Waals surface area contributed by atoms with Gasteiger partial charge in [-0.3, -0.25) is 0 Å². The van der Waals surface area contributed by atoms with Crippen LogP contribution in [-0.2, 0) is 11.3 Å². The van der Waals surface area contributed by atoms with E-state index in [1.54, 1.807) is 12.3 Å². The van der Waals surface area contributed by atoms with E-state index in [2.05, 4.69) is 0 Å². The largest absolute Gasteiger partial charge is 0.461 e. The molecular formula is C14H24N2O3. The Morgan fingerprint density at radius 2 is 2.11 bits per heavy atom. The van der Waals surface area contributed by atoms with Gasteiger partial charge in [-0.2, -0.15) is 0 Å². The number of ether oxygens (including phenoxy) is 1. The molecule has 0 fully saturated rings. The fraction of sp³-hybridized carbons (Fsp3) is 0.643. The summed E-state index contributed by atoms with van der Waals surface area (Å²) in [7, 11) is 0. The molecule has 1 aromatic rings. The number of hydrogen-bond donors (Lipinski definition) is 2. The van der Waals surface area contributed by atoms with Gasteiger partial charge in [0, 0.05) is 19.3 Å². The number of aromatic nitrogens is 1. The molecule has 0 radical (unpaired) electrons. The summed E-state index contributed by atoms with van der Waals surface area (Å²) >= 11 is 0. The lowest BCUT2D eigenvalue weighted by atomic mass is 10.2. The molecule has 5 nitrogen and oxygen atoms in total. The highest BCUT2D eigenvalue weighted by atomic mass is 16.5. The van der Waals surface area contributed by atoms with Gasteiger partial charge in [-0.1, -0.05) is 13.3 Å². The van der Waals surface area contributed by atoms with Crippen LogP contribution in [-0.4, -0.2) is 28.9 Å². The van der Waals surface area contributed by atoms with Crippen molar-refractivity contribution < 1.29 is 14.6 Å². The first-order valence-electron chi connectivity index (χ1n) is 6.92. The highest BCUT2D eigenvalue weighted by Gasteiger charge is 2.13. The number of anilines is 1. The summed E-state index contributed by atoms with van der Waals surface area (Å²) in [5, 5.41) is 8.64. The number of hydrogen-bond acceptors (Lipinski definition) is 4. The Bertz CT molecular complexity index is 388. The lowest BCUT2D eigenvalue weighted by molar-refractivity contribution is 0.0484. The lowest BCUT2D eigenvalue weighted by Gasteiger charge is -2.08. The van der Waals surface area contributed by atoms with Crippen molar-refractivity contribution in [1.29, 1.82) is 0 Å². The predicted molar refractivity (Wildman–Crippen MR) is 75.0 cm³/mol. The van der Waals surface area contributed by atoms with Crippen molar-refractivity contribution in [2.75, 3.05) is 18.9 Å². The first-order chi connectivity index (χ1) is 9.19. The highest BCUT2D eigenvalue weighted by molar-refractivity contribution is 5.89. The van der Waals surface area contributed by atoms with Crippen molar-refractivity contribution in [3.8, 4) is 0 Å². The molecule has 108 valence electrons. The van der Waals surface area contributed by atoms with Gasteiger partial charge in [0.05, 0.1) is 12.3 Å². The van der Waals surface area contributed by atoms with Crippen LogP contribution < -0.4 is 5.73 Å². The number of carbonyl (C=O) groups is 1. The lowest BCUT2D eigenvalue weighted by Crippen LogP contribution is -2.12. The van der Waals surface area contributed by atoms with Gasteiger partial charge in [0.1, 0.15) is 5.69 Å². The van der Waals surface area contributed by atoms with Crippen molar-refractivity contribution in [2.45, 2.75) is 45.6 Å². The minimum Gasteiger partial charge on any atom is -0.461 e. The van der Waals surface area contributed by atoms with Crippen molar-refractivity contribution >= 4 is 11.7 Å². The first-order valence-corrected chi connectivity index (χ1v) is 6.92. The molecule has 0 aliphatic rings. The van der Waals surface area contributed by atoms with E-state index in [-0.39, 0.29) is 12.6 Å². The standard InChI is InChI=1S/C14H24N2O3/c1-2-7-16-11-12(15)10-13(16)14(18)19-9-6-4-3-5-8-17/h10-11,17H,2-9,15H2,1H3. The number of aliphatic hydroxyl groups excluding tert-OH is 1. The summed E-state index contributed by atoms with van der Waals surface area (Å²) < 4.78 is 7.07. The average molecular weight is 268 g/mol. The Labute approximate surface area is 114 Å². The molecule has 0 amide bonds. The number of esters is 1. The zero-order chi connectivity index (χ0) is 14.1. The summed E-state index contributed by atoms with van der Waals surface area (Å²) in [5.74, 6) is -0.313. The third-order valence-electron chi connectivity index (χ3n) is 2.88. The van der Waals surface area contributed by atoms with Gasteiger partial charge in [0.2, 0.25) is 0 Å². The molecule has 19 heavy (non-hydrogen) atoms. The second-order valence-electron chi connectivity index (χ2n) is 4.63. The molecule has 0 saturated heterocycles. The molecule has 3 N–H and O–H groups in total. The SMILES string of the molecule is CCCn1cc(N)cc1C(=O)OCCCCCCO. The van der Waals surface area contributed by atoms with E-state index < -0.39 is 0 Å². The molecule has 0 spiro atoms. The molecule has 0 aliphatic carbocycles. The average Bonchev–Trinajstić information content (AvgIpc) is 2.75. The maximum absolute atomic E-state index is 11.9. The van der Waals surface area contributed by atoms with Crippen LogP contribution in [0.25, 0.3) is 0 Å². The fourth-order valence-electron chi connectivity index (χ4n) is 1.94. The topological polar surface area (TPSA) is 77.5 Å². The predicted octanol–water partition coefficient (Wildman–Crippen LogP) is 2.19. The van der Waals surface area contributed by atoms with Gasteiger partial charge in [-0.15, -0.1) is 0 Å². The summed E-state index contributed by atoms with van der Waals surface area (Å²) in [6.07, 6.45) is 6.27. The maximum Gasteiger partial charge on any atom is 0.355 e. The second-order valence-corrected chi connectivity index (χ2v) is 4.63. The smallest absolute Gasteiger partial charge is 0.355 e. The van der Waals surface area contributed by atoms with Crippen LogP contribution in [0.4, 0.5) is 5.69 Å². The first kappa shape index (κ1) is 15.6. The number of unbranched alkanes of at least 4 members (excludes halogenated alkanes) is 3. The number of nitrogens with zero attached hydrogens (tertiary/aromatic N) is 1. The third kappa shape index (κ3) is 5.34. The van der Waals surface area contributed by atoms with Crippen LogP contribution in [0, 0.1) is 0 Å². The number of rotatable bonds is 9. The second kappa shape index (κ2) is 8.58. The van der Waals surface area contributed by atoms with Crippen LogP contribution in [0.5, 0.6) is 0 Å². The van der Waals surface area contributed by atoms with E-state index >= 15 is 0 Å². The minimum absolute atomic E-state index is 0.226. The summed E-state index contributed by atoms with van der Waals surface area (Å²) in [4.78, 5) is 11.9. The van der Waals surface area contributed by atoms with E-state index in [1.807, 2.05) is 11.5 Å². The van der Waals surface area contributed by atoms with Gasteiger partial charge in [0.15, 0.2) is 0 Å². The van der Waals surface area contributed by atoms with E-state index in [1.165, 1.54) is 0 Å². The number of nitrogen functional groups attached to an aromatic ring is 1. The van der Waals surface area contributed by atoms with Gasteiger partial charge in [-0.25, -0.2) is 4.79 Å². The summed E-state index contributed by atoms with van der Waals surface area (Å²) in [6, 6.07) is 1.66. The molecule has 0 aromatic carbocycles. The molecule has 0 atom stereocenters. The summed E-state index contributed by atoms with van der Waals surface area (Å²) in [5.41, 5.74) is 6.81. The van der Waals surface area contributed by atoms with Gasteiger partial charge >= 0.3 is 5.97 Å². The highest BCUT2D eigenvalue weighted by Crippen LogP contribution is 2.13. The quantitative estimate of drug-likeness (QED) is 0.531. The Kier molecular flexibility index (Phi) is 7.03. The van der Waals surface area contributed by atoms with Crippen LogP contribution in [0.15, 0.2) is 12.3 Å². The van der Waals surface area contributed by atoms with Gasteiger partial charge < -0.3 is 20.1 Å². The van der Waals surface area contributed by atoms with Crippen molar-refractivity contribution in [2.24, 2.45) is 0 Å². The third-order valence-corrected chi connectivity index (χ3v) is 2.88. The minimum atomic E-state index is -0.313. The molecule has 5 heteroatoms. The Morgan fingerprint density at radius 3 is 2.79 bits per heavy atom. The Balaban J connectivity index is 2.36. The Hall–Kier alpha value is -1.49. The van der Waals surface area contributed by atoms with Crippen LogP contribution in [0.1, 0.15) is 49.5 Å². The zero-order valence-corrected chi connectivity index (χ0v) is 11.6. The fourth-order valence-corrected chi connectivity index (χ4v) is 1.94. The van der Waals surface area contributed by atoms with Crippen molar-refractivity contribution in [1.82, 2.24) is 4.57 Å². The van der Waals surface area contributed by atoms with Crippen LogP contribution in [0.2, 0.25) is 0 Å². The molecule has 1 aromatic heterocycles. The van der Waals surface area contributed by atoms with Crippen LogP contribution in [0.3, 0.4) is 0 Å². The van der Waals surface area contributed by atoms with E-state index in [4.69, 9.17) is 15.6 Å². The number of aryl methyl sites for hydroxylation is 1. The molecule has 1 heterocycles. The number of carbonyl (C=O) groups excluding carboxylic acids is 1. The normalized spacial score (nSPS) is 10.6. The number of nitrogens with two attached hydrogens (primary N) is 1. The molecule has 0 aliphatic heterocycles. The molecule has 1 rings (SSSR count). The van der Waals surface area contributed by atoms with E-state index in [9.17, 15) is 4.79 Å². The van der Waals surface area contributed by atoms with Gasteiger partial charge in [-0.05, 0) is 31.7 Å². The summed E-state index contributed by atoms with van der Waals surface area (Å²) in [6.45, 7) is 3.45. The Morgan fingerprint density at radius 1 is 1.37 bits per heavy atom. The number of aliphatic hydroxyl groups is 1. The van der Waals surface area contributed by atoms with E-state index in [0.29, 0.717) is 18.0 Å². The van der Waals surface area contributed by atoms with Crippen molar-refractivity contribution in [3.05, 3.63) is 18.0 Å². The molecule has 0 bridgehead atoms. The zero-order valence-electron chi connectivity index (χ0n) is 11.6. The van der Waals surface area contributed by atoms with Crippen molar-refractivity contribution in [3.63, 3.8) is 0 Å². The molecule has 0 saturated carbocycles. The van der Waals surface area contributed by atoms with Gasteiger partial charge in [0.25, 0.3) is 0 Å². The monoisotopic (exact) mass is 268 g/mol. The molecular weight excluding hydrogens is 244 g/mol. The molecule has 0 unspecified atom stereocenters. The maximum atomic E-state index is 11.9. The van der Waals surface area contributed by atoms with E-state index in [0.717, 1.165) is 38.6 Å².